The molecule has 22 heavy (non-hydrogen) atoms. The number of Topliss-reactive ketones (excluding diaryl/α,β-unsaturated/α-hetero) is 1. The number of hydrogen-bond acceptors (Lipinski definition) is 1. The summed E-state index contributed by atoms with van der Waals surface area (Å²) in [5, 5.41) is 0. The van der Waals surface area contributed by atoms with Gasteiger partial charge in [-0.05, 0) is 92.8 Å². The van der Waals surface area contributed by atoms with Crippen molar-refractivity contribution in [2.24, 2.45) is 40.4 Å². The number of carbonyl (C=O) groups is 1. The first kappa shape index (κ1) is 15.0. The molecule has 0 heterocycles. The molecule has 122 valence electrons. The Hall–Kier alpha value is -0.590. The third-order valence-corrected chi connectivity index (χ3v) is 8.70. The first-order chi connectivity index (χ1) is 10.5. The summed E-state index contributed by atoms with van der Waals surface area (Å²) >= 11 is 0. The molecule has 1 heteroatoms. The minimum atomic E-state index is 0.320. The van der Waals surface area contributed by atoms with Crippen molar-refractivity contribution in [2.45, 2.75) is 72.1 Å². The quantitative estimate of drug-likeness (QED) is 0.592. The molecule has 0 aromatic heterocycles. The lowest BCUT2D eigenvalue weighted by Gasteiger charge is -2.59. The van der Waals surface area contributed by atoms with Gasteiger partial charge in [-0.2, -0.15) is 0 Å². The van der Waals surface area contributed by atoms with E-state index in [2.05, 4.69) is 26.0 Å². The first-order valence-electron chi connectivity index (χ1n) is 9.62. The molecule has 3 saturated carbocycles. The summed E-state index contributed by atoms with van der Waals surface area (Å²) < 4.78 is 0. The topological polar surface area (TPSA) is 17.1 Å². The lowest BCUT2D eigenvalue weighted by Crippen LogP contribution is -2.52. The molecule has 4 aliphatic rings. The summed E-state index contributed by atoms with van der Waals surface area (Å²) in [6.45, 7) is 6.90. The second kappa shape index (κ2) is 4.95. The van der Waals surface area contributed by atoms with Crippen LogP contribution in [0.1, 0.15) is 72.1 Å². The van der Waals surface area contributed by atoms with Crippen LogP contribution in [0.2, 0.25) is 0 Å². The minimum Gasteiger partial charge on any atom is -0.300 e. The van der Waals surface area contributed by atoms with E-state index in [1.165, 1.54) is 51.4 Å². The molecule has 0 radical (unpaired) electrons. The van der Waals surface area contributed by atoms with Gasteiger partial charge in [0.15, 0.2) is 0 Å². The molecular formula is C21H32O. The highest BCUT2D eigenvalue weighted by molar-refractivity contribution is 5.79. The number of carbonyl (C=O) groups excluding carboxylic acids is 1. The number of hydrogen-bond donors (Lipinski definition) is 0. The molecule has 3 fully saturated rings. The predicted molar refractivity (Wildman–Crippen MR) is 90.4 cm³/mol. The van der Waals surface area contributed by atoms with Crippen LogP contribution in [0.4, 0.5) is 0 Å². The first-order valence-corrected chi connectivity index (χ1v) is 9.62. The number of fused-ring (bicyclic) bond motifs is 5. The fourth-order valence-electron chi connectivity index (χ4n) is 7.51. The lowest BCUT2D eigenvalue weighted by molar-refractivity contribution is -0.131. The molecule has 4 unspecified atom stereocenters. The summed E-state index contributed by atoms with van der Waals surface area (Å²) in [6.07, 6.45) is 15.5. The second-order valence-electron chi connectivity index (χ2n) is 9.35. The van der Waals surface area contributed by atoms with E-state index in [9.17, 15) is 4.79 Å². The number of rotatable bonds is 1. The third kappa shape index (κ3) is 1.86. The van der Waals surface area contributed by atoms with Gasteiger partial charge in [0.2, 0.25) is 0 Å². The molecule has 0 amide bonds. The molecule has 0 aromatic carbocycles. The third-order valence-electron chi connectivity index (χ3n) is 8.70. The van der Waals surface area contributed by atoms with Crippen LogP contribution in [0.3, 0.4) is 0 Å². The van der Waals surface area contributed by atoms with Crippen LogP contribution in [-0.2, 0) is 4.79 Å². The van der Waals surface area contributed by atoms with Gasteiger partial charge in [0.1, 0.15) is 5.78 Å². The maximum atomic E-state index is 12.1. The standard InChI is InChI=1S/C21H32O/c1-14(22)17-9-10-18-16-8-7-15-6-4-5-12-20(15,2)19(16)11-13-21(17,18)3/h4-5,15-19H,6-13H2,1-3H3/t15?,16?,17-,18?,19?,20+,21-/m1/s1. The zero-order valence-corrected chi connectivity index (χ0v) is 14.6. The zero-order valence-electron chi connectivity index (χ0n) is 14.6. The van der Waals surface area contributed by atoms with Crippen molar-refractivity contribution in [3.8, 4) is 0 Å². The van der Waals surface area contributed by atoms with Crippen molar-refractivity contribution in [1.82, 2.24) is 0 Å². The van der Waals surface area contributed by atoms with E-state index in [-0.39, 0.29) is 0 Å². The molecule has 0 saturated heterocycles. The summed E-state index contributed by atoms with van der Waals surface area (Å²) in [4.78, 5) is 12.1. The Kier molecular flexibility index (Phi) is 3.37. The Morgan fingerprint density at radius 1 is 0.955 bits per heavy atom. The van der Waals surface area contributed by atoms with Gasteiger partial charge in [0.05, 0.1) is 0 Å². The fraction of sp³-hybridized carbons (Fsp3) is 0.857. The molecule has 0 bridgehead atoms. The van der Waals surface area contributed by atoms with E-state index in [4.69, 9.17) is 0 Å². The Morgan fingerprint density at radius 3 is 2.50 bits per heavy atom. The largest absolute Gasteiger partial charge is 0.300 e. The lowest BCUT2D eigenvalue weighted by atomic mass is 9.45. The SMILES string of the molecule is CC(=O)[C@H]1CCC2C3CCC4CC=CC[C@]4(C)C3CC[C@@]21C. The average Bonchev–Trinajstić information content (AvgIpc) is 2.84. The van der Waals surface area contributed by atoms with Crippen molar-refractivity contribution < 1.29 is 4.79 Å². The molecule has 0 aromatic rings. The Bertz CT molecular complexity index is 506. The van der Waals surface area contributed by atoms with Crippen molar-refractivity contribution in [3.63, 3.8) is 0 Å². The summed E-state index contributed by atoms with van der Waals surface area (Å²) in [7, 11) is 0. The van der Waals surface area contributed by atoms with E-state index < -0.39 is 0 Å². The van der Waals surface area contributed by atoms with Crippen molar-refractivity contribution >= 4 is 5.78 Å². The van der Waals surface area contributed by atoms with E-state index >= 15 is 0 Å². The highest BCUT2D eigenvalue weighted by Gasteiger charge is 2.59. The van der Waals surface area contributed by atoms with Gasteiger partial charge in [0, 0.05) is 5.92 Å². The van der Waals surface area contributed by atoms with Crippen molar-refractivity contribution in [3.05, 3.63) is 12.2 Å². The maximum Gasteiger partial charge on any atom is 0.133 e. The normalized spacial score (nSPS) is 53.5. The van der Waals surface area contributed by atoms with Crippen LogP contribution in [0, 0.1) is 40.4 Å². The second-order valence-corrected chi connectivity index (χ2v) is 9.35. The molecule has 7 atom stereocenters. The van der Waals surface area contributed by atoms with E-state index in [0.29, 0.717) is 22.5 Å². The minimum absolute atomic E-state index is 0.320. The van der Waals surface area contributed by atoms with Gasteiger partial charge in [-0.3, -0.25) is 4.79 Å². The molecule has 1 nitrogen and oxygen atoms in total. The van der Waals surface area contributed by atoms with Crippen LogP contribution < -0.4 is 0 Å². The molecule has 4 rings (SSSR count). The van der Waals surface area contributed by atoms with Crippen LogP contribution in [0.5, 0.6) is 0 Å². The molecule has 0 N–H and O–H groups in total. The van der Waals surface area contributed by atoms with Crippen LogP contribution >= 0.6 is 0 Å². The predicted octanol–water partition coefficient (Wildman–Crippen LogP) is 5.40. The Balaban J connectivity index is 1.65. The molecular weight excluding hydrogens is 268 g/mol. The zero-order chi connectivity index (χ0) is 15.5. The highest BCUT2D eigenvalue weighted by atomic mass is 16.1. The van der Waals surface area contributed by atoms with Crippen LogP contribution in [0.15, 0.2) is 12.2 Å². The fourth-order valence-corrected chi connectivity index (χ4v) is 7.51. The van der Waals surface area contributed by atoms with Crippen molar-refractivity contribution in [2.75, 3.05) is 0 Å². The smallest absolute Gasteiger partial charge is 0.133 e. The van der Waals surface area contributed by atoms with Gasteiger partial charge in [-0.1, -0.05) is 26.0 Å². The molecule has 0 aliphatic heterocycles. The maximum absolute atomic E-state index is 12.1. The van der Waals surface area contributed by atoms with Crippen LogP contribution in [-0.4, -0.2) is 5.78 Å². The molecule has 0 spiro atoms. The van der Waals surface area contributed by atoms with E-state index in [1.807, 2.05) is 6.92 Å². The monoisotopic (exact) mass is 300 g/mol. The summed E-state index contributed by atoms with van der Waals surface area (Å²) in [5.41, 5.74) is 0.869. The van der Waals surface area contributed by atoms with Crippen LogP contribution in [0.25, 0.3) is 0 Å². The van der Waals surface area contributed by atoms with Gasteiger partial charge in [0.25, 0.3) is 0 Å². The van der Waals surface area contributed by atoms with Gasteiger partial charge in [-0.25, -0.2) is 0 Å². The summed E-state index contributed by atoms with van der Waals surface area (Å²) in [5.74, 6) is 4.38. The number of allylic oxidation sites excluding steroid dienone is 2. The van der Waals surface area contributed by atoms with Gasteiger partial charge < -0.3 is 0 Å². The van der Waals surface area contributed by atoms with Crippen molar-refractivity contribution in [1.29, 1.82) is 0 Å². The van der Waals surface area contributed by atoms with Gasteiger partial charge >= 0.3 is 0 Å². The number of ketones is 1. The van der Waals surface area contributed by atoms with E-state index in [0.717, 1.165) is 23.7 Å². The Morgan fingerprint density at radius 2 is 1.73 bits per heavy atom. The van der Waals surface area contributed by atoms with Gasteiger partial charge in [-0.15, -0.1) is 0 Å². The average molecular weight is 300 g/mol. The highest BCUT2D eigenvalue weighted by Crippen LogP contribution is 2.66. The molecule has 4 aliphatic carbocycles. The van der Waals surface area contributed by atoms with E-state index in [1.54, 1.807) is 0 Å². The Labute approximate surface area is 135 Å². The summed E-state index contributed by atoms with van der Waals surface area (Å²) in [6, 6.07) is 0.